The van der Waals surface area contributed by atoms with Crippen LogP contribution in [0.25, 0.3) is 11.0 Å². The van der Waals surface area contributed by atoms with E-state index in [-0.39, 0.29) is 22.5 Å². The van der Waals surface area contributed by atoms with E-state index in [0.717, 1.165) is 7.11 Å². The number of benzene rings is 1. The van der Waals surface area contributed by atoms with Crippen molar-refractivity contribution < 1.29 is 24.1 Å². The molecule has 126 valence electrons. The predicted octanol–water partition coefficient (Wildman–Crippen LogP) is 1.22. The normalized spacial score (nSPS) is 17.2. The summed E-state index contributed by atoms with van der Waals surface area (Å²) in [4.78, 5) is 24.2. The number of dihydropyridines is 1. The van der Waals surface area contributed by atoms with Gasteiger partial charge in [0.2, 0.25) is 0 Å². The minimum Gasteiger partial charge on any atom is -0.478 e. The lowest BCUT2D eigenvalue weighted by molar-refractivity contribution is -0.136. The molecule has 0 radical (unpaired) electrons. The zero-order valence-corrected chi connectivity index (χ0v) is 13.2. The van der Waals surface area contributed by atoms with E-state index in [2.05, 4.69) is 15.6 Å². The van der Waals surface area contributed by atoms with Gasteiger partial charge in [-0.3, -0.25) is 0 Å². The number of carboxylic acid groups (broad SMARTS) is 1. The fourth-order valence-electron chi connectivity index (χ4n) is 2.90. The van der Waals surface area contributed by atoms with Crippen molar-refractivity contribution in [3.63, 3.8) is 0 Å². The highest BCUT2D eigenvalue weighted by molar-refractivity contribution is 6.01. The SMILES string of the molecule is COC(=O)C1=C(C#N)NC(C)=C(C(=O)O)C1c1cccc2nonc12. The lowest BCUT2D eigenvalue weighted by Crippen LogP contribution is -2.32. The van der Waals surface area contributed by atoms with Crippen LogP contribution in [0.4, 0.5) is 0 Å². The number of nitrogens with one attached hydrogen (secondary N) is 1. The number of methoxy groups -OCH3 is 1. The van der Waals surface area contributed by atoms with Crippen LogP contribution >= 0.6 is 0 Å². The largest absolute Gasteiger partial charge is 0.478 e. The Labute approximate surface area is 141 Å². The van der Waals surface area contributed by atoms with Crippen molar-refractivity contribution in [2.24, 2.45) is 0 Å². The van der Waals surface area contributed by atoms with Crippen LogP contribution in [0.5, 0.6) is 0 Å². The highest BCUT2D eigenvalue weighted by Gasteiger charge is 2.39. The number of aliphatic carboxylic acids is 1. The van der Waals surface area contributed by atoms with Crippen LogP contribution in [0.15, 0.2) is 45.4 Å². The van der Waals surface area contributed by atoms with E-state index in [0.29, 0.717) is 16.6 Å². The zero-order chi connectivity index (χ0) is 18.1. The first-order chi connectivity index (χ1) is 12.0. The Bertz CT molecular complexity index is 995. The number of rotatable bonds is 3. The third-order valence-electron chi connectivity index (χ3n) is 3.94. The Hall–Kier alpha value is -3.67. The molecule has 0 saturated heterocycles. The monoisotopic (exact) mass is 340 g/mol. The summed E-state index contributed by atoms with van der Waals surface area (Å²) in [6.07, 6.45) is 0. The van der Waals surface area contributed by atoms with Crippen molar-refractivity contribution in [2.45, 2.75) is 12.8 Å². The molecular weight excluding hydrogens is 328 g/mol. The van der Waals surface area contributed by atoms with Crippen LogP contribution in [0, 0.1) is 11.3 Å². The lowest BCUT2D eigenvalue weighted by atomic mass is 9.80. The molecule has 0 amide bonds. The van der Waals surface area contributed by atoms with Crippen LogP contribution in [-0.4, -0.2) is 34.5 Å². The van der Waals surface area contributed by atoms with Crippen LogP contribution < -0.4 is 5.32 Å². The molecule has 2 aromatic rings. The summed E-state index contributed by atoms with van der Waals surface area (Å²) in [7, 11) is 1.16. The van der Waals surface area contributed by atoms with Crippen LogP contribution in [0.2, 0.25) is 0 Å². The van der Waals surface area contributed by atoms with E-state index in [9.17, 15) is 20.0 Å². The molecule has 9 heteroatoms. The third-order valence-corrected chi connectivity index (χ3v) is 3.94. The van der Waals surface area contributed by atoms with Crippen molar-refractivity contribution in [3.05, 3.63) is 46.3 Å². The number of aromatic nitrogens is 2. The molecule has 9 nitrogen and oxygen atoms in total. The molecule has 1 unspecified atom stereocenters. The maximum absolute atomic E-state index is 12.3. The van der Waals surface area contributed by atoms with E-state index in [1.165, 1.54) is 6.92 Å². The molecule has 0 saturated carbocycles. The van der Waals surface area contributed by atoms with Gasteiger partial charge in [0.15, 0.2) is 0 Å². The van der Waals surface area contributed by atoms with Gasteiger partial charge in [0, 0.05) is 5.70 Å². The first-order valence-corrected chi connectivity index (χ1v) is 7.14. The summed E-state index contributed by atoms with van der Waals surface area (Å²) in [5.41, 5.74) is 1.06. The maximum atomic E-state index is 12.3. The fourth-order valence-corrected chi connectivity index (χ4v) is 2.90. The molecule has 1 aliphatic heterocycles. The van der Waals surface area contributed by atoms with Gasteiger partial charge < -0.3 is 15.2 Å². The summed E-state index contributed by atoms with van der Waals surface area (Å²) < 4.78 is 9.49. The molecule has 2 N–H and O–H groups in total. The second-order valence-electron chi connectivity index (χ2n) is 5.27. The Morgan fingerprint density at radius 2 is 2.12 bits per heavy atom. The standard InChI is InChI=1S/C16H12N4O5/c1-7-11(15(21)22)12(13(16(23)24-2)10(6-17)18-7)8-4-3-5-9-14(8)20-25-19-9/h3-5,12,18H,1-2H3,(H,21,22). The van der Waals surface area contributed by atoms with E-state index < -0.39 is 17.9 Å². The van der Waals surface area contributed by atoms with Crippen molar-refractivity contribution in [3.8, 4) is 6.07 Å². The minimum absolute atomic E-state index is 0.0761. The van der Waals surface area contributed by atoms with Crippen LogP contribution in [0.1, 0.15) is 18.4 Å². The average Bonchev–Trinajstić information content (AvgIpc) is 3.08. The Morgan fingerprint density at radius 1 is 1.36 bits per heavy atom. The molecule has 3 rings (SSSR count). The van der Waals surface area contributed by atoms with E-state index in [1.807, 2.05) is 6.07 Å². The predicted molar refractivity (Wildman–Crippen MR) is 82.7 cm³/mol. The molecule has 0 fully saturated rings. The second-order valence-corrected chi connectivity index (χ2v) is 5.27. The van der Waals surface area contributed by atoms with Crippen molar-refractivity contribution in [1.82, 2.24) is 15.6 Å². The van der Waals surface area contributed by atoms with Gasteiger partial charge in [0.05, 0.1) is 24.2 Å². The number of carbonyl (C=O) groups excluding carboxylic acids is 1. The molecule has 25 heavy (non-hydrogen) atoms. The van der Waals surface area contributed by atoms with Gasteiger partial charge >= 0.3 is 11.9 Å². The highest BCUT2D eigenvalue weighted by Crippen LogP contribution is 2.40. The number of hydrogen-bond donors (Lipinski definition) is 2. The number of carbonyl (C=O) groups is 2. The number of esters is 1. The highest BCUT2D eigenvalue weighted by atomic mass is 16.6. The minimum atomic E-state index is -1.23. The van der Waals surface area contributed by atoms with Crippen molar-refractivity contribution in [1.29, 1.82) is 5.26 Å². The lowest BCUT2D eigenvalue weighted by Gasteiger charge is -2.28. The van der Waals surface area contributed by atoms with Gasteiger partial charge in [-0.1, -0.05) is 12.1 Å². The quantitative estimate of drug-likeness (QED) is 0.789. The first kappa shape index (κ1) is 16.2. The number of allylic oxidation sites excluding steroid dienone is 2. The number of carboxylic acids is 1. The second kappa shape index (κ2) is 6.09. The number of nitrogens with zero attached hydrogens (tertiary/aromatic N) is 3. The average molecular weight is 340 g/mol. The third kappa shape index (κ3) is 2.49. The van der Waals surface area contributed by atoms with Gasteiger partial charge in [-0.15, -0.1) is 0 Å². The summed E-state index contributed by atoms with van der Waals surface area (Å²) >= 11 is 0. The van der Waals surface area contributed by atoms with E-state index in [4.69, 9.17) is 9.37 Å². The van der Waals surface area contributed by atoms with Crippen molar-refractivity contribution in [2.75, 3.05) is 7.11 Å². The summed E-state index contributed by atoms with van der Waals surface area (Å²) in [6.45, 7) is 1.52. The summed E-state index contributed by atoms with van der Waals surface area (Å²) in [5.74, 6) is -3.10. The van der Waals surface area contributed by atoms with Gasteiger partial charge in [-0.2, -0.15) is 5.26 Å². The molecule has 1 aliphatic rings. The Morgan fingerprint density at radius 3 is 2.76 bits per heavy atom. The summed E-state index contributed by atoms with van der Waals surface area (Å²) in [6, 6.07) is 6.77. The summed E-state index contributed by atoms with van der Waals surface area (Å²) in [5, 5.41) is 29.3. The van der Waals surface area contributed by atoms with E-state index in [1.54, 1.807) is 18.2 Å². The number of nitriles is 1. The van der Waals surface area contributed by atoms with Gasteiger partial charge in [0.25, 0.3) is 0 Å². The first-order valence-electron chi connectivity index (χ1n) is 7.14. The van der Waals surface area contributed by atoms with Crippen LogP contribution in [-0.2, 0) is 14.3 Å². The molecule has 1 atom stereocenters. The number of ether oxygens (including phenoxy) is 1. The van der Waals surface area contributed by atoms with Gasteiger partial charge in [0.1, 0.15) is 22.8 Å². The molecule has 1 aromatic heterocycles. The molecule has 0 aliphatic carbocycles. The topological polar surface area (TPSA) is 138 Å². The van der Waals surface area contributed by atoms with Crippen LogP contribution in [0.3, 0.4) is 0 Å². The molecular formula is C16H12N4O5. The van der Waals surface area contributed by atoms with Crippen molar-refractivity contribution >= 4 is 23.0 Å². The Balaban J connectivity index is 2.36. The van der Waals surface area contributed by atoms with Gasteiger partial charge in [-0.05, 0) is 28.9 Å². The van der Waals surface area contributed by atoms with Gasteiger partial charge in [-0.25, -0.2) is 14.2 Å². The maximum Gasteiger partial charge on any atom is 0.337 e. The number of fused-ring (bicyclic) bond motifs is 1. The zero-order valence-electron chi connectivity index (χ0n) is 13.2. The Kier molecular flexibility index (Phi) is 3.94. The molecule has 2 heterocycles. The smallest absolute Gasteiger partial charge is 0.337 e. The fraction of sp³-hybridized carbons (Fsp3) is 0.188. The number of hydrogen-bond acceptors (Lipinski definition) is 8. The molecule has 0 spiro atoms. The molecule has 0 bridgehead atoms. The van der Waals surface area contributed by atoms with E-state index >= 15 is 0 Å². The molecule has 1 aromatic carbocycles.